The summed E-state index contributed by atoms with van der Waals surface area (Å²) in [7, 11) is 0. The van der Waals surface area contributed by atoms with Crippen molar-refractivity contribution in [2.24, 2.45) is 5.92 Å². The van der Waals surface area contributed by atoms with Gasteiger partial charge in [0.15, 0.2) is 0 Å². The largest absolute Gasteiger partial charge is 0.462 e. The second-order valence-electron chi connectivity index (χ2n) is 6.85. The van der Waals surface area contributed by atoms with Crippen LogP contribution in [0.5, 0.6) is 0 Å². The van der Waals surface area contributed by atoms with E-state index in [1.165, 1.54) is 0 Å². The number of aliphatic hydroxyl groups is 1. The Morgan fingerprint density at radius 1 is 1.32 bits per heavy atom. The predicted octanol–water partition coefficient (Wildman–Crippen LogP) is 3.20. The van der Waals surface area contributed by atoms with Crippen molar-refractivity contribution in [1.29, 1.82) is 0 Å². The summed E-state index contributed by atoms with van der Waals surface area (Å²) in [6.07, 6.45) is 0.854. The van der Waals surface area contributed by atoms with Crippen LogP contribution in [0.1, 0.15) is 57.9 Å². The van der Waals surface area contributed by atoms with Gasteiger partial charge in [0.25, 0.3) is 0 Å². The number of carbonyl (C=O) groups excluding carboxylic acids is 2. The number of aliphatic hydroxyl groups excluding tert-OH is 1. The van der Waals surface area contributed by atoms with Gasteiger partial charge in [-0.1, -0.05) is 37.3 Å². The summed E-state index contributed by atoms with van der Waals surface area (Å²) in [5.74, 6) is -1.44. The van der Waals surface area contributed by atoms with Gasteiger partial charge in [0, 0.05) is 6.42 Å². The SMILES string of the molecule is CC[C@@H](C(=O)O[C@@H](C)C[C@@H]1CC[C@H](O)[C@@H](C)C(=O)O1)c1ccccc1. The first kappa shape index (κ1) is 19.4. The van der Waals surface area contributed by atoms with E-state index in [-0.39, 0.29) is 30.1 Å². The molecule has 1 aliphatic rings. The van der Waals surface area contributed by atoms with Crippen LogP contribution in [0.2, 0.25) is 0 Å². The zero-order valence-corrected chi connectivity index (χ0v) is 15.2. The summed E-state index contributed by atoms with van der Waals surface area (Å²) >= 11 is 0. The molecule has 5 atom stereocenters. The topological polar surface area (TPSA) is 72.8 Å². The van der Waals surface area contributed by atoms with Crippen LogP contribution in [0.15, 0.2) is 30.3 Å². The average Bonchev–Trinajstić information content (AvgIpc) is 2.70. The number of hydrogen-bond acceptors (Lipinski definition) is 5. The van der Waals surface area contributed by atoms with Gasteiger partial charge in [0.05, 0.1) is 17.9 Å². The zero-order valence-electron chi connectivity index (χ0n) is 15.2. The summed E-state index contributed by atoms with van der Waals surface area (Å²) in [6, 6.07) is 9.59. The third kappa shape index (κ3) is 5.30. The minimum absolute atomic E-state index is 0.255. The molecule has 1 aliphatic heterocycles. The smallest absolute Gasteiger partial charge is 0.313 e. The van der Waals surface area contributed by atoms with E-state index in [4.69, 9.17) is 9.47 Å². The van der Waals surface area contributed by atoms with Crippen LogP contribution in [0.4, 0.5) is 0 Å². The lowest BCUT2D eigenvalue weighted by atomic mass is 9.96. The van der Waals surface area contributed by atoms with E-state index in [2.05, 4.69) is 0 Å². The monoisotopic (exact) mass is 348 g/mol. The van der Waals surface area contributed by atoms with Crippen molar-refractivity contribution < 1.29 is 24.2 Å². The van der Waals surface area contributed by atoms with Crippen molar-refractivity contribution >= 4 is 11.9 Å². The fraction of sp³-hybridized carbons (Fsp3) is 0.600. The molecule has 0 radical (unpaired) electrons. The molecule has 5 nitrogen and oxygen atoms in total. The Bertz CT molecular complexity index is 571. The number of ether oxygens (including phenoxy) is 2. The van der Waals surface area contributed by atoms with Gasteiger partial charge in [0.2, 0.25) is 0 Å². The molecule has 1 fully saturated rings. The summed E-state index contributed by atoms with van der Waals surface area (Å²) in [4.78, 5) is 24.4. The molecule has 1 aromatic carbocycles. The highest BCUT2D eigenvalue weighted by molar-refractivity contribution is 5.78. The highest BCUT2D eigenvalue weighted by atomic mass is 16.6. The Balaban J connectivity index is 1.91. The Morgan fingerprint density at radius 3 is 2.64 bits per heavy atom. The minimum atomic E-state index is -0.669. The van der Waals surface area contributed by atoms with Gasteiger partial charge >= 0.3 is 11.9 Å². The molecule has 2 rings (SSSR count). The lowest BCUT2D eigenvalue weighted by molar-refractivity contribution is -0.158. The lowest BCUT2D eigenvalue weighted by Gasteiger charge is -2.22. The number of esters is 2. The molecule has 25 heavy (non-hydrogen) atoms. The molecule has 1 saturated heterocycles. The number of carbonyl (C=O) groups is 2. The Hall–Kier alpha value is -1.88. The maximum absolute atomic E-state index is 12.5. The van der Waals surface area contributed by atoms with Crippen molar-refractivity contribution in [3.8, 4) is 0 Å². The molecule has 138 valence electrons. The quantitative estimate of drug-likeness (QED) is 0.799. The van der Waals surface area contributed by atoms with Gasteiger partial charge < -0.3 is 14.6 Å². The van der Waals surface area contributed by atoms with Crippen LogP contribution in [-0.2, 0) is 19.1 Å². The number of rotatable bonds is 6. The first-order chi connectivity index (χ1) is 11.9. The minimum Gasteiger partial charge on any atom is -0.462 e. The second-order valence-corrected chi connectivity index (χ2v) is 6.85. The van der Waals surface area contributed by atoms with E-state index in [1.807, 2.05) is 44.2 Å². The molecular formula is C20H28O5. The van der Waals surface area contributed by atoms with Gasteiger partial charge in [-0.2, -0.15) is 0 Å². The van der Waals surface area contributed by atoms with Crippen molar-refractivity contribution in [1.82, 2.24) is 0 Å². The van der Waals surface area contributed by atoms with Crippen LogP contribution in [-0.4, -0.2) is 35.4 Å². The Morgan fingerprint density at radius 2 is 2.00 bits per heavy atom. The molecule has 1 heterocycles. The van der Waals surface area contributed by atoms with Gasteiger partial charge in [-0.05, 0) is 38.7 Å². The molecule has 0 unspecified atom stereocenters. The normalized spacial score (nSPS) is 26.2. The molecule has 1 aromatic rings. The van der Waals surface area contributed by atoms with Gasteiger partial charge in [-0.3, -0.25) is 9.59 Å². The molecule has 0 saturated carbocycles. The van der Waals surface area contributed by atoms with E-state index >= 15 is 0 Å². The highest BCUT2D eigenvalue weighted by Gasteiger charge is 2.32. The van der Waals surface area contributed by atoms with Gasteiger partial charge in [-0.15, -0.1) is 0 Å². The third-order valence-corrected chi connectivity index (χ3v) is 4.82. The fourth-order valence-electron chi connectivity index (χ4n) is 3.18. The van der Waals surface area contributed by atoms with Gasteiger partial charge in [0.1, 0.15) is 12.2 Å². The second kappa shape index (κ2) is 8.99. The third-order valence-electron chi connectivity index (χ3n) is 4.82. The van der Waals surface area contributed by atoms with Crippen LogP contribution < -0.4 is 0 Å². The van der Waals surface area contributed by atoms with E-state index in [9.17, 15) is 14.7 Å². The maximum atomic E-state index is 12.5. The average molecular weight is 348 g/mol. The van der Waals surface area contributed by atoms with E-state index < -0.39 is 12.0 Å². The van der Waals surface area contributed by atoms with Crippen LogP contribution >= 0.6 is 0 Å². The van der Waals surface area contributed by atoms with Gasteiger partial charge in [-0.25, -0.2) is 0 Å². The first-order valence-electron chi connectivity index (χ1n) is 9.06. The summed E-state index contributed by atoms with van der Waals surface area (Å²) in [6.45, 7) is 5.44. The van der Waals surface area contributed by atoms with E-state index in [0.717, 1.165) is 5.56 Å². The van der Waals surface area contributed by atoms with Crippen molar-refractivity contribution in [2.45, 2.75) is 70.7 Å². The van der Waals surface area contributed by atoms with Crippen LogP contribution in [0.3, 0.4) is 0 Å². The first-order valence-corrected chi connectivity index (χ1v) is 9.06. The van der Waals surface area contributed by atoms with Crippen LogP contribution in [0, 0.1) is 5.92 Å². The maximum Gasteiger partial charge on any atom is 0.313 e. The molecule has 5 heteroatoms. The Kier molecular flexibility index (Phi) is 7.00. The highest BCUT2D eigenvalue weighted by Crippen LogP contribution is 2.25. The van der Waals surface area contributed by atoms with Crippen LogP contribution in [0.25, 0.3) is 0 Å². The summed E-state index contributed by atoms with van der Waals surface area (Å²) in [5.41, 5.74) is 0.944. The number of cyclic esters (lactones) is 1. The number of benzene rings is 1. The predicted molar refractivity (Wildman–Crippen MR) is 93.9 cm³/mol. The lowest BCUT2D eigenvalue weighted by Crippen LogP contribution is -2.28. The molecule has 0 aliphatic carbocycles. The fourth-order valence-corrected chi connectivity index (χ4v) is 3.18. The molecule has 0 amide bonds. The zero-order chi connectivity index (χ0) is 18.4. The summed E-state index contributed by atoms with van der Waals surface area (Å²) < 4.78 is 11.0. The molecular weight excluding hydrogens is 320 g/mol. The Labute approximate surface area is 149 Å². The van der Waals surface area contributed by atoms with Crippen molar-refractivity contribution in [3.05, 3.63) is 35.9 Å². The molecule has 1 N–H and O–H groups in total. The standard InChI is InChI=1S/C20H28O5/c1-4-17(15-8-6-5-7-9-15)20(23)24-13(2)12-16-10-11-18(21)14(3)19(22)25-16/h5-9,13-14,16-18,21H,4,10-12H2,1-3H3/t13-,14+,16-,17+,18-/m0/s1. The van der Waals surface area contributed by atoms with Crippen molar-refractivity contribution in [2.75, 3.05) is 0 Å². The number of hydrogen-bond donors (Lipinski definition) is 1. The molecule has 0 aromatic heterocycles. The molecule has 0 spiro atoms. The molecule has 0 bridgehead atoms. The van der Waals surface area contributed by atoms with Crippen molar-refractivity contribution in [3.63, 3.8) is 0 Å². The van der Waals surface area contributed by atoms with E-state index in [0.29, 0.717) is 25.7 Å². The van der Waals surface area contributed by atoms with E-state index in [1.54, 1.807) is 6.92 Å². The summed E-state index contributed by atoms with van der Waals surface area (Å²) in [5, 5.41) is 9.87.